The van der Waals surface area contributed by atoms with Crippen LogP contribution in [0.15, 0.2) is 35.1 Å². The summed E-state index contributed by atoms with van der Waals surface area (Å²) < 4.78 is 0. The van der Waals surface area contributed by atoms with Gasteiger partial charge in [0.25, 0.3) is 0 Å². The van der Waals surface area contributed by atoms with Crippen molar-refractivity contribution in [2.24, 2.45) is 5.73 Å². The largest absolute Gasteiger partial charge is 0.361 e. The van der Waals surface area contributed by atoms with E-state index in [4.69, 9.17) is 5.73 Å². The van der Waals surface area contributed by atoms with Crippen molar-refractivity contribution in [2.45, 2.75) is 18.9 Å². The van der Waals surface area contributed by atoms with Gasteiger partial charge in [0.2, 0.25) is 11.8 Å². The Kier molecular flexibility index (Phi) is 4.29. The topological polar surface area (TPSA) is 92.5 Å². The fourth-order valence-corrected chi connectivity index (χ4v) is 2.83. The SMILES string of the molecule is Cl.NCC1=C2CN(C3CCC(=O)NC3=O)C=C2C=CC1=O. The third-order valence-corrected chi connectivity index (χ3v) is 3.88. The van der Waals surface area contributed by atoms with Gasteiger partial charge in [0.1, 0.15) is 6.04 Å². The van der Waals surface area contributed by atoms with Crippen molar-refractivity contribution < 1.29 is 14.4 Å². The van der Waals surface area contributed by atoms with E-state index in [1.165, 1.54) is 6.08 Å². The molecule has 21 heavy (non-hydrogen) atoms. The first-order chi connectivity index (χ1) is 9.60. The molecular formula is C14H16ClN3O3. The van der Waals surface area contributed by atoms with E-state index < -0.39 is 0 Å². The number of carbonyl (C=O) groups is 3. The van der Waals surface area contributed by atoms with Gasteiger partial charge in [-0.1, -0.05) is 0 Å². The minimum absolute atomic E-state index is 0. The van der Waals surface area contributed by atoms with Gasteiger partial charge in [0.15, 0.2) is 5.78 Å². The molecule has 3 aliphatic rings. The molecule has 2 amide bonds. The number of imide groups is 1. The van der Waals surface area contributed by atoms with Crippen LogP contribution in [0.3, 0.4) is 0 Å². The molecule has 0 radical (unpaired) electrons. The highest BCUT2D eigenvalue weighted by molar-refractivity contribution is 6.07. The molecule has 3 rings (SSSR count). The van der Waals surface area contributed by atoms with Gasteiger partial charge in [-0.05, 0) is 29.7 Å². The van der Waals surface area contributed by atoms with Gasteiger partial charge in [0, 0.05) is 31.3 Å². The highest BCUT2D eigenvalue weighted by Crippen LogP contribution is 2.31. The second-order valence-electron chi connectivity index (χ2n) is 5.08. The number of carbonyl (C=O) groups excluding carboxylic acids is 3. The van der Waals surface area contributed by atoms with Crippen LogP contribution in [0.1, 0.15) is 12.8 Å². The summed E-state index contributed by atoms with van der Waals surface area (Å²) in [7, 11) is 0. The Morgan fingerprint density at radius 2 is 2.05 bits per heavy atom. The maximum Gasteiger partial charge on any atom is 0.249 e. The Labute approximate surface area is 128 Å². The first-order valence-electron chi connectivity index (χ1n) is 6.56. The predicted molar refractivity (Wildman–Crippen MR) is 78.4 cm³/mol. The van der Waals surface area contributed by atoms with Gasteiger partial charge >= 0.3 is 0 Å². The first-order valence-corrected chi connectivity index (χ1v) is 6.56. The highest BCUT2D eigenvalue weighted by Gasteiger charge is 2.35. The summed E-state index contributed by atoms with van der Waals surface area (Å²) in [5, 5.41) is 2.35. The van der Waals surface area contributed by atoms with Gasteiger partial charge in [-0.2, -0.15) is 0 Å². The van der Waals surface area contributed by atoms with Gasteiger partial charge < -0.3 is 10.6 Å². The average Bonchev–Trinajstić information content (AvgIpc) is 2.82. The minimum Gasteiger partial charge on any atom is -0.361 e. The third kappa shape index (κ3) is 2.64. The minimum atomic E-state index is -0.360. The second-order valence-corrected chi connectivity index (χ2v) is 5.08. The number of halogens is 1. The van der Waals surface area contributed by atoms with E-state index in [0.29, 0.717) is 25.0 Å². The number of rotatable bonds is 2. The van der Waals surface area contributed by atoms with Crippen LogP contribution in [0.4, 0.5) is 0 Å². The molecule has 2 heterocycles. The lowest BCUT2D eigenvalue weighted by atomic mass is 9.94. The van der Waals surface area contributed by atoms with Crippen LogP contribution < -0.4 is 11.1 Å². The summed E-state index contributed by atoms with van der Waals surface area (Å²) in [4.78, 5) is 36.7. The summed E-state index contributed by atoms with van der Waals surface area (Å²) in [5.74, 6) is -0.570. The van der Waals surface area contributed by atoms with E-state index in [2.05, 4.69) is 5.32 Å². The monoisotopic (exact) mass is 309 g/mol. The van der Waals surface area contributed by atoms with Crippen LogP contribution >= 0.6 is 12.4 Å². The molecule has 7 heteroatoms. The summed E-state index contributed by atoms with van der Waals surface area (Å²) in [6, 6.07) is -0.360. The van der Waals surface area contributed by atoms with Crippen LogP contribution in [-0.2, 0) is 14.4 Å². The Morgan fingerprint density at radius 3 is 2.71 bits per heavy atom. The Hall–Kier alpha value is -1.92. The number of piperidine rings is 1. The van der Waals surface area contributed by atoms with Crippen LogP contribution in [0.25, 0.3) is 0 Å². The number of nitrogens with zero attached hydrogens (tertiary/aromatic N) is 1. The van der Waals surface area contributed by atoms with E-state index in [-0.39, 0.29) is 42.6 Å². The van der Waals surface area contributed by atoms with Crippen molar-refractivity contribution in [1.29, 1.82) is 0 Å². The fourth-order valence-electron chi connectivity index (χ4n) is 2.83. The molecule has 1 aliphatic carbocycles. The number of fused-ring (bicyclic) bond motifs is 1. The molecule has 0 bridgehead atoms. The molecular weight excluding hydrogens is 294 g/mol. The van der Waals surface area contributed by atoms with E-state index in [1.807, 2.05) is 11.1 Å². The molecule has 1 atom stereocenters. The van der Waals surface area contributed by atoms with Gasteiger partial charge in [-0.3, -0.25) is 19.7 Å². The zero-order valence-corrected chi connectivity index (χ0v) is 12.1. The second kappa shape index (κ2) is 5.83. The Balaban J connectivity index is 0.00000161. The summed E-state index contributed by atoms with van der Waals surface area (Å²) >= 11 is 0. The average molecular weight is 310 g/mol. The molecule has 0 saturated carbocycles. The van der Waals surface area contributed by atoms with Gasteiger partial charge in [-0.15, -0.1) is 12.4 Å². The Bertz CT molecular complexity index is 607. The summed E-state index contributed by atoms with van der Waals surface area (Å²) in [6.45, 7) is 0.684. The number of hydrogen-bond acceptors (Lipinski definition) is 5. The van der Waals surface area contributed by atoms with Crippen molar-refractivity contribution in [3.63, 3.8) is 0 Å². The molecule has 0 aromatic rings. The third-order valence-electron chi connectivity index (χ3n) is 3.88. The maximum absolute atomic E-state index is 11.9. The number of nitrogens with two attached hydrogens (primary N) is 1. The lowest BCUT2D eigenvalue weighted by Gasteiger charge is -2.29. The van der Waals surface area contributed by atoms with E-state index in [1.54, 1.807) is 6.08 Å². The maximum atomic E-state index is 11.9. The number of ketones is 1. The van der Waals surface area contributed by atoms with Crippen molar-refractivity contribution in [3.05, 3.63) is 35.1 Å². The van der Waals surface area contributed by atoms with E-state index in [0.717, 1.165) is 11.1 Å². The molecule has 0 aromatic heterocycles. The zero-order valence-electron chi connectivity index (χ0n) is 11.3. The number of amides is 2. The quantitative estimate of drug-likeness (QED) is 0.690. The summed E-state index contributed by atoms with van der Waals surface area (Å²) in [5.41, 5.74) is 8.06. The molecule has 0 spiro atoms. The molecule has 1 fully saturated rings. The molecule has 1 unspecified atom stereocenters. The van der Waals surface area contributed by atoms with Crippen molar-refractivity contribution in [2.75, 3.05) is 13.1 Å². The molecule has 1 saturated heterocycles. The zero-order chi connectivity index (χ0) is 14.3. The predicted octanol–water partition coefficient (Wildman–Crippen LogP) is -0.193. The fraction of sp³-hybridized carbons (Fsp3) is 0.357. The van der Waals surface area contributed by atoms with E-state index >= 15 is 0 Å². The standard InChI is InChI=1S/C14H15N3O3.ClH/c15-5-9-10-7-17(6-8(10)1-3-12(9)18)11-2-4-13(19)16-14(11)20;/h1,3,6,11H,2,4-5,7,15H2,(H,16,19,20);1H. The molecule has 3 N–H and O–H groups in total. The van der Waals surface area contributed by atoms with Crippen LogP contribution in [-0.4, -0.2) is 41.6 Å². The normalized spacial score (nSPS) is 24.6. The lowest BCUT2D eigenvalue weighted by Crippen LogP contribution is -2.50. The number of nitrogens with one attached hydrogen (secondary N) is 1. The lowest BCUT2D eigenvalue weighted by molar-refractivity contribution is -0.136. The highest BCUT2D eigenvalue weighted by atomic mass is 35.5. The van der Waals surface area contributed by atoms with Crippen LogP contribution in [0, 0.1) is 0 Å². The van der Waals surface area contributed by atoms with Crippen LogP contribution in [0.5, 0.6) is 0 Å². The van der Waals surface area contributed by atoms with Gasteiger partial charge in [-0.25, -0.2) is 0 Å². The van der Waals surface area contributed by atoms with E-state index in [9.17, 15) is 14.4 Å². The molecule has 2 aliphatic heterocycles. The van der Waals surface area contributed by atoms with Crippen molar-refractivity contribution in [3.8, 4) is 0 Å². The molecule has 0 aromatic carbocycles. The smallest absolute Gasteiger partial charge is 0.249 e. The summed E-state index contributed by atoms with van der Waals surface area (Å²) in [6.07, 6.45) is 5.97. The number of hydrogen-bond donors (Lipinski definition) is 2. The van der Waals surface area contributed by atoms with Crippen LogP contribution in [0.2, 0.25) is 0 Å². The Morgan fingerprint density at radius 1 is 1.29 bits per heavy atom. The molecule has 112 valence electrons. The van der Waals surface area contributed by atoms with Crippen molar-refractivity contribution >= 4 is 30.0 Å². The molecule has 6 nitrogen and oxygen atoms in total. The van der Waals surface area contributed by atoms with Crippen molar-refractivity contribution in [1.82, 2.24) is 10.2 Å². The number of allylic oxidation sites excluding steroid dienone is 2. The van der Waals surface area contributed by atoms with Gasteiger partial charge in [0.05, 0.1) is 0 Å². The first kappa shape index (κ1) is 15.5.